The number of nitriles is 1. The Labute approximate surface area is 132 Å². The maximum Gasteiger partial charge on any atom is 0.410 e. The summed E-state index contributed by atoms with van der Waals surface area (Å²) < 4.78 is 10.6. The molecule has 0 saturated heterocycles. The third-order valence-electron chi connectivity index (χ3n) is 2.89. The molecule has 0 atom stereocenters. The quantitative estimate of drug-likeness (QED) is 0.784. The Bertz CT molecular complexity index is 511. The Hall–Kier alpha value is -2.00. The van der Waals surface area contributed by atoms with Crippen LogP contribution in [0.4, 0.5) is 4.79 Å². The first-order valence-electron chi connectivity index (χ1n) is 7.53. The van der Waals surface area contributed by atoms with E-state index in [9.17, 15) is 4.79 Å². The standard InChI is InChI=1S/C16H25N3O3/c1-5-19(15(20)22-16(2,3)4)10-6-9-18-12-14-8-7-13(11-17)21-14/h7-8,18H,5-6,9-10,12H2,1-4H3. The minimum Gasteiger partial charge on any atom is -0.449 e. The van der Waals surface area contributed by atoms with Gasteiger partial charge in [0.25, 0.3) is 0 Å². The molecule has 0 fully saturated rings. The number of ether oxygens (including phenoxy) is 1. The highest BCUT2D eigenvalue weighted by molar-refractivity contribution is 5.68. The van der Waals surface area contributed by atoms with Crippen molar-refractivity contribution >= 4 is 6.09 Å². The molecule has 0 saturated carbocycles. The first-order chi connectivity index (χ1) is 10.4. The third kappa shape index (κ3) is 6.64. The van der Waals surface area contributed by atoms with E-state index >= 15 is 0 Å². The molecular formula is C16H25N3O3. The van der Waals surface area contributed by atoms with Gasteiger partial charge in [-0.15, -0.1) is 0 Å². The molecule has 1 rings (SSSR count). The summed E-state index contributed by atoms with van der Waals surface area (Å²) in [5.74, 6) is 1.05. The van der Waals surface area contributed by atoms with Crippen molar-refractivity contribution in [3.63, 3.8) is 0 Å². The number of nitrogens with one attached hydrogen (secondary N) is 1. The van der Waals surface area contributed by atoms with Gasteiger partial charge in [-0.3, -0.25) is 0 Å². The monoisotopic (exact) mass is 307 g/mol. The molecular weight excluding hydrogens is 282 g/mol. The molecule has 0 radical (unpaired) electrons. The van der Waals surface area contributed by atoms with Crippen LogP contribution in [0.2, 0.25) is 0 Å². The molecule has 1 amide bonds. The molecule has 1 N–H and O–H groups in total. The molecule has 6 heteroatoms. The number of carbonyl (C=O) groups is 1. The Kier molecular flexibility index (Phi) is 6.93. The van der Waals surface area contributed by atoms with Crippen LogP contribution in [0.1, 0.15) is 45.6 Å². The van der Waals surface area contributed by atoms with E-state index in [0.29, 0.717) is 25.4 Å². The average molecular weight is 307 g/mol. The summed E-state index contributed by atoms with van der Waals surface area (Å²) >= 11 is 0. The van der Waals surface area contributed by atoms with E-state index in [2.05, 4.69) is 5.32 Å². The smallest absolute Gasteiger partial charge is 0.410 e. The third-order valence-corrected chi connectivity index (χ3v) is 2.89. The van der Waals surface area contributed by atoms with Crippen LogP contribution in [0, 0.1) is 11.3 Å². The number of carbonyl (C=O) groups excluding carboxylic acids is 1. The molecule has 1 heterocycles. The fourth-order valence-corrected chi connectivity index (χ4v) is 1.84. The van der Waals surface area contributed by atoms with Crippen LogP contribution < -0.4 is 5.32 Å². The molecule has 0 aliphatic carbocycles. The van der Waals surface area contributed by atoms with Crippen molar-refractivity contribution in [2.24, 2.45) is 0 Å². The van der Waals surface area contributed by atoms with E-state index in [1.807, 2.05) is 33.8 Å². The molecule has 0 bridgehead atoms. The van der Waals surface area contributed by atoms with Crippen LogP contribution in [-0.2, 0) is 11.3 Å². The Balaban J connectivity index is 2.24. The van der Waals surface area contributed by atoms with Crippen LogP contribution in [0.25, 0.3) is 0 Å². The highest BCUT2D eigenvalue weighted by Gasteiger charge is 2.20. The van der Waals surface area contributed by atoms with E-state index in [-0.39, 0.29) is 6.09 Å². The number of amides is 1. The van der Waals surface area contributed by atoms with Crippen molar-refractivity contribution in [2.45, 2.75) is 46.3 Å². The van der Waals surface area contributed by atoms with Crippen molar-refractivity contribution in [3.05, 3.63) is 23.7 Å². The van der Waals surface area contributed by atoms with Crippen LogP contribution in [-0.4, -0.2) is 36.2 Å². The summed E-state index contributed by atoms with van der Waals surface area (Å²) in [5.41, 5.74) is -0.472. The SMILES string of the molecule is CCN(CCCNCc1ccc(C#N)o1)C(=O)OC(C)(C)C. The second-order valence-electron chi connectivity index (χ2n) is 5.97. The fraction of sp³-hybridized carbons (Fsp3) is 0.625. The summed E-state index contributed by atoms with van der Waals surface area (Å²) in [5, 5.41) is 11.9. The van der Waals surface area contributed by atoms with Crippen molar-refractivity contribution in [2.75, 3.05) is 19.6 Å². The minimum absolute atomic E-state index is 0.278. The topological polar surface area (TPSA) is 78.5 Å². The van der Waals surface area contributed by atoms with Gasteiger partial charge in [-0.1, -0.05) is 0 Å². The summed E-state index contributed by atoms with van der Waals surface area (Å²) in [4.78, 5) is 13.6. The normalized spacial score (nSPS) is 11.0. The fourth-order valence-electron chi connectivity index (χ4n) is 1.84. The van der Waals surface area contributed by atoms with Crippen LogP contribution >= 0.6 is 0 Å². The van der Waals surface area contributed by atoms with Crippen molar-refractivity contribution in [1.82, 2.24) is 10.2 Å². The van der Waals surface area contributed by atoms with Crippen LogP contribution in [0.15, 0.2) is 16.5 Å². The van der Waals surface area contributed by atoms with Gasteiger partial charge in [0.15, 0.2) is 0 Å². The number of hydrogen-bond acceptors (Lipinski definition) is 5. The van der Waals surface area contributed by atoms with Crippen molar-refractivity contribution in [3.8, 4) is 6.07 Å². The Morgan fingerprint density at radius 1 is 1.45 bits per heavy atom. The lowest BCUT2D eigenvalue weighted by Gasteiger charge is -2.26. The zero-order valence-electron chi connectivity index (χ0n) is 13.8. The highest BCUT2D eigenvalue weighted by Crippen LogP contribution is 2.10. The molecule has 0 unspecified atom stereocenters. The lowest BCUT2D eigenvalue weighted by Crippen LogP contribution is -2.38. The second kappa shape index (κ2) is 8.44. The number of furan rings is 1. The average Bonchev–Trinajstić information content (AvgIpc) is 2.88. The molecule has 0 aliphatic rings. The van der Waals surface area contributed by atoms with Crippen molar-refractivity contribution in [1.29, 1.82) is 5.26 Å². The van der Waals surface area contributed by atoms with E-state index in [1.54, 1.807) is 17.0 Å². The van der Waals surface area contributed by atoms with Crippen molar-refractivity contribution < 1.29 is 13.9 Å². The zero-order chi connectivity index (χ0) is 16.6. The maximum atomic E-state index is 11.9. The molecule has 1 aromatic heterocycles. The Morgan fingerprint density at radius 2 is 2.18 bits per heavy atom. The van der Waals surface area contributed by atoms with Gasteiger partial charge in [0.2, 0.25) is 5.76 Å². The van der Waals surface area contributed by atoms with Gasteiger partial charge in [-0.2, -0.15) is 5.26 Å². The largest absolute Gasteiger partial charge is 0.449 e. The first kappa shape index (κ1) is 18.1. The maximum absolute atomic E-state index is 11.9. The van der Waals surface area contributed by atoms with Crippen LogP contribution in [0.5, 0.6) is 0 Å². The Morgan fingerprint density at radius 3 is 2.73 bits per heavy atom. The lowest BCUT2D eigenvalue weighted by atomic mass is 10.2. The summed E-state index contributed by atoms with van der Waals surface area (Å²) in [7, 11) is 0. The van der Waals surface area contributed by atoms with Gasteiger partial charge >= 0.3 is 6.09 Å². The highest BCUT2D eigenvalue weighted by atomic mass is 16.6. The molecule has 6 nitrogen and oxygen atoms in total. The molecule has 1 aromatic rings. The predicted octanol–water partition coefficient (Wildman–Crippen LogP) is 2.89. The summed E-state index contributed by atoms with van der Waals surface area (Å²) in [6, 6.07) is 5.38. The molecule has 22 heavy (non-hydrogen) atoms. The van der Waals surface area contributed by atoms with Crippen LogP contribution in [0.3, 0.4) is 0 Å². The van der Waals surface area contributed by atoms with E-state index in [4.69, 9.17) is 14.4 Å². The molecule has 0 spiro atoms. The first-order valence-corrected chi connectivity index (χ1v) is 7.53. The van der Waals surface area contributed by atoms with Gasteiger partial charge in [-0.05, 0) is 52.8 Å². The molecule has 0 aliphatic heterocycles. The van der Waals surface area contributed by atoms with Gasteiger partial charge in [-0.25, -0.2) is 4.79 Å². The van der Waals surface area contributed by atoms with Gasteiger partial charge < -0.3 is 19.4 Å². The van der Waals surface area contributed by atoms with E-state index in [0.717, 1.165) is 18.7 Å². The number of rotatable bonds is 7. The van der Waals surface area contributed by atoms with Gasteiger partial charge in [0.05, 0.1) is 6.54 Å². The second-order valence-corrected chi connectivity index (χ2v) is 5.97. The summed E-state index contributed by atoms with van der Waals surface area (Å²) in [6.07, 6.45) is 0.540. The van der Waals surface area contributed by atoms with E-state index in [1.165, 1.54) is 0 Å². The minimum atomic E-state index is -0.472. The lowest BCUT2D eigenvalue weighted by molar-refractivity contribution is 0.0258. The molecule has 0 aromatic carbocycles. The predicted molar refractivity (Wildman–Crippen MR) is 83.2 cm³/mol. The summed E-state index contributed by atoms with van der Waals surface area (Å²) in [6.45, 7) is 10.1. The van der Waals surface area contributed by atoms with Gasteiger partial charge in [0, 0.05) is 13.1 Å². The molecule has 122 valence electrons. The van der Waals surface area contributed by atoms with Gasteiger partial charge in [0.1, 0.15) is 17.4 Å². The number of nitrogens with zero attached hydrogens (tertiary/aromatic N) is 2. The van der Waals surface area contributed by atoms with E-state index < -0.39 is 5.60 Å². The number of hydrogen-bond donors (Lipinski definition) is 1. The zero-order valence-corrected chi connectivity index (χ0v) is 13.8.